The number of likely N-dealkylation sites (tertiary alicyclic amines) is 1. The molecule has 156 valence electrons. The van der Waals surface area contributed by atoms with E-state index in [0.29, 0.717) is 32.7 Å². The van der Waals surface area contributed by atoms with Crippen LogP contribution in [0.5, 0.6) is 0 Å². The summed E-state index contributed by atoms with van der Waals surface area (Å²) in [6, 6.07) is 9.63. The van der Waals surface area contributed by atoms with Crippen LogP contribution >= 0.6 is 0 Å². The molecule has 1 aromatic carbocycles. The van der Waals surface area contributed by atoms with Crippen molar-refractivity contribution in [2.24, 2.45) is 0 Å². The lowest BCUT2D eigenvalue weighted by molar-refractivity contribution is -0.143. The smallest absolute Gasteiger partial charge is 0.325 e. The fraction of sp³-hybridized carbons (Fsp3) is 0.571. The Balaban J connectivity index is 1.42. The normalized spacial score (nSPS) is 28.1. The molecule has 0 aliphatic carbocycles. The van der Waals surface area contributed by atoms with Crippen LogP contribution in [0.2, 0.25) is 0 Å². The van der Waals surface area contributed by atoms with E-state index in [1.54, 1.807) is 4.90 Å². The molecule has 4 rings (SSSR count). The summed E-state index contributed by atoms with van der Waals surface area (Å²) in [4.78, 5) is 43.4. The number of benzene rings is 1. The molecule has 3 fully saturated rings. The highest BCUT2D eigenvalue weighted by molar-refractivity contribution is 6.09. The Kier molecular flexibility index (Phi) is 5.56. The van der Waals surface area contributed by atoms with Gasteiger partial charge < -0.3 is 15.0 Å². The first-order valence-corrected chi connectivity index (χ1v) is 10.3. The molecule has 0 bridgehead atoms. The zero-order valence-corrected chi connectivity index (χ0v) is 16.8. The molecule has 0 saturated carbocycles. The minimum absolute atomic E-state index is 0.0352. The minimum atomic E-state index is -0.928. The molecule has 2 atom stereocenters. The fourth-order valence-corrected chi connectivity index (χ4v) is 4.50. The number of hydrogen-bond acceptors (Lipinski definition) is 5. The van der Waals surface area contributed by atoms with E-state index in [9.17, 15) is 14.4 Å². The molecule has 4 amide bonds. The van der Waals surface area contributed by atoms with Crippen molar-refractivity contribution in [3.05, 3.63) is 35.9 Å². The summed E-state index contributed by atoms with van der Waals surface area (Å²) < 4.78 is 5.46. The molecule has 8 nitrogen and oxygen atoms in total. The van der Waals surface area contributed by atoms with E-state index in [-0.39, 0.29) is 24.5 Å². The van der Waals surface area contributed by atoms with Gasteiger partial charge in [-0.1, -0.05) is 30.3 Å². The summed E-state index contributed by atoms with van der Waals surface area (Å²) >= 11 is 0. The fourth-order valence-electron chi connectivity index (χ4n) is 4.50. The first-order valence-electron chi connectivity index (χ1n) is 10.3. The van der Waals surface area contributed by atoms with Crippen molar-refractivity contribution in [1.82, 2.24) is 20.0 Å². The van der Waals surface area contributed by atoms with Crippen LogP contribution in [-0.4, -0.2) is 83.5 Å². The predicted molar refractivity (Wildman–Crippen MR) is 106 cm³/mol. The van der Waals surface area contributed by atoms with Crippen LogP contribution in [0.1, 0.15) is 25.3 Å². The summed E-state index contributed by atoms with van der Waals surface area (Å²) in [7, 11) is 0. The summed E-state index contributed by atoms with van der Waals surface area (Å²) in [5.41, 5.74) is 0.248. The number of urea groups is 1. The molecule has 0 aromatic heterocycles. The third kappa shape index (κ3) is 4.13. The molecular formula is C21H28N4O4. The van der Waals surface area contributed by atoms with Gasteiger partial charge in [-0.05, 0) is 31.9 Å². The maximum atomic E-state index is 13.2. The Morgan fingerprint density at radius 1 is 1.24 bits per heavy atom. The Morgan fingerprint density at radius 3 is 2.79 bits per heavy atom. The van der Waals surface area contributed by atoms with Crippen molar-refractivity contribution in [3.8, 4) is 0 Å². The van der Waals surface area contributed by atoms with Gasteiger partial charge in [0.15, 0.2) is 0 Å². The quantitative estimate of drug-likeness (QED) is 0.757. The average molecular weight is 400 g/mol. The van der Waals surface area contributed by atoms with Gasteiger partial charge in [-0.25, -0.2) is 4.79 Å². The van der Waals surface area contributed by atoms with Crippen molar-refractivity contribution in [1.29, 1.82) is 0 Å². The van der Waals surface area contributed by atoms with Crippen molar-refractivity contribution in [2.75, 3.05) is 39.3 Å². The number of ether oxygens (including phenoxy) is 1. The third-order valence-electron chi connectivity index (χ3n) is 5.95. The number of rotatable bonds is 4. The van der Waals surface area contributed by atoms with Crippen molar-refractivity contribution < 1.29 is 19.1 Å². The third-order valence-corrected chi connectivity index (χ3v) is 5.95. The van der Waals surface area contributed by atoms with Gasteiger partial charge in [0.2, 0.25) is 5.91 Å². The summed E-state index contributed by atoms with van der Waals surface area (Å²) in [5.74, 6) is -0.493. The van der Waals surface area contributed by atoms with Crippen LogP contribution in [0.4, 0.5) is 4.79 Å². The largest absolute Gasteiger partial charge is 0.375 e. The predicted octanol–water partition coefficient (Wildman–Crippen LogP) is 0.820. The molecule has 8 heteroatoms. The lowest BCUT2D eigenvalue weighted by Gasteiger charge is -2.38. The molecule has 3 saturated heterocycles. The Hall–Kier alpha value is -2.45. The first-order chi connectivity index (χ1) is 14.0. The summed E-state index contributed by atoms with van der Waals surface area (Å²) in [6.45, 7) is 5.22. The van der Waals surface area contributed by atoms with Gasteiger partial charge in [-0.3, -0.25) is 19.4 Å². The Labute approximate surface area is 170 Å². The number of nitrogens with one attached hydrogen (secondary N) is 1. The monoisotopic (exact) mass is 400 g/mol. The second kappa shape index (κ2) is 8.12. The zero-order valence-electron chi connectivity index (χ0n) is 16.8. The number of hydrogen-bond donors (Lipinski definition) is 1. The maximum absolute atomic E-state index is 13.2. The second-order valence-electron chi connectivity index (χ2n) is 8.22. The summed E-state index contributed by atoms with van der Waals surface area (Å²) in [5, 5.41) is 2.90. The lowest BCUT2D eigenvalue weighted by atomic mass is 9.88. The molecule has 1 aromatic rings. The van der Waals surface area contributed by atoms with Crippen LogP contribution in [0, 0.1) is 0 Å². The molecule has 1 spiro atoms. The van der Waals surface area contributed by atoms with E-state index in [2.05, 4.69) is 22.3 Å². The molecular weight excluding hydrogens is 372 g/mol. The summed E-state index contributed by atoms with van der Waals surface area (Å²) in [6.07, 6.45) is 1.39. The van der Waals surface area contributed by atoms with E-state index < -0.39 is 11.6 Å². The number of nitrogens with zero attached hydrogens (tertiary/aromatic N) is 3. The molecule has 3 aliphatic heterocycles. The van der Waals surface area contributed by atoms with Gasteiger partial charge >= 0.3 is 6.03 Å². The molecule has 29 heavy (non-hydrogen) atoms. The highest BCUT2D eigenvalue weighted by Gasteiger charge is 2.53. The molecule has 3 aliphatic rings. The van der Waals surface area contributed by atoms with E-state index in [1.807, 2.05) is 25.1 Å². The standard InChI is InChI=1S/C21H28N4O4/c1-16-12-24(10-11-29-16)18(26)14-25-19(27)21(22-20(25)28)8-5-9-23(15-21)13-17-6-3-2-4-7-17/h2-4,6-7,16H,5,8-15H2,1H3,(H,22,28). The van der Waals surface area contributed by atoms with Crippen molar-refractivity contribution in [2.45, 2.75) is 38.0 Å². The Morgan fingerprint density at radius 2 is 2.03 bits per heavy atom. The van der Waals surface area contributed by atoms with Crippen LogP contribution in [0.25, 0.3) is 0 Å². The van der Waals surface area contributed by atoms with Gasteiger partial charge in [0.1, 0.15) is 12.1 Å². The van der Waals surface area contributed by atoms with Gasteiger partial charge in [-0.15, -0.1) is 0 Å². The van der Waals surface area contributed by atoms with Gasteiger partial charge in [0.25, 0.3) is 5.91 Å². The molecule has 2 unspecified atom stereocenters. The van der Waals surface area contributed by atoms with E-state index in [0.717, 1.165) is 24.4 Å². The van der Waals surface area contributed by atoms with Crippen molar-refractivity contribution in [3.63, 3.8) is 0 Å². The number of piperidine rings is 1. The van der Waals surface area contributed by atoms with E-state index in [4.69, 9.17) is 4.74 Å². The SMILES string of the molecule is CC1CN(C(=O)CN2C(=O)NC3(CCCN(Cc4ccccc4)C3)C2=O)CCO1. The number of morpholine rings is 1. The Bertz CT molecular complexity index is 786. The van der Waals surface area contributed by atoms with Crippen LogP contribution in [0.3, 0.4) is 0 Å². The number of imide groups is 1. The maximum Gasteiger partial charge on any atom is 0.325 e. The van der Waals surface area contributed by atoms with Crippen LogP contribution < -0.4 is 5.32 Å². The number of amides is 4. The lowest BCUT2D eigenvalue weighted by Crippen LogP contribution is -2.58. The van der Waals surface area contributed by atoms with Gasteiger partial charge in [-0.2, -0.15) is 0 Å². The average Bonchev–Trinajstić information content (AvgIpc) is 2.92. The minimum Gasteiger partial charge on any atom is -0.375 e. The van der Waals surface area contributed by atoms with E-state index >= 15 is 0 Å². The number of carbonyl (C=O) groups is 3. The van der Waals surface area contributed by atoms with Gasteiger partial charge in [0, 0.05) is 26.2 Å². The van der Waals surface area contributed by atoms with Crippen LogP contribution in [0.15, 0.2) is 30.3 Å². The highest BCUT2D eigenvalue weighted by atomic mass is 16.5. The first kappa shape index (κ1) is 19.8. The van der Waals surface area contributed by atoms with Crippen molar-refractivity contribution >= 4 is 17.8 Å². The number of carbonyl (C=O) groups excluding carboxylic acids is 3. The van der Waals surface area contributed by atoms with Gasteiger partial charge in [0.05, 0.1) is 12.7 Å². The topological polar surface area (TPSA) is 82.2 Å². The van der Waals surface area contributed by atoms with Crippen LogP contribution in [-0.2, 0) is 20.9 Å². The second-order valence-corrected chi connectivity index (χ2v) is 8.22. The molecule has 0 radical (unpaired) electrons. The zero-order chi connectivity index (χ0) is 20.4. The molecule has 3 heterocycles. The highest BCUT2D eigenvalue weighted by Crippen LogP contribution is 2.29. The van der Waals surface area contributed by atoms with E-state index in [1.165, 1.54) is 5.56 Å². The molecule has 1 N–H and O–H groups in total.